The average Bonchev–Trinajstić information content (AvgIpc) is 2.35. The molecule has 0 amide bonds. The van der Waals surface area contributed by atoms with Crippen LogP contribution in [0.4, 0.5) is 0 Å². The predicted octanol–water partition coefficient (Wildman–Crippen LogP) is 3.04. The largest absolute Gasteiger partial charge is 0.481 e. The van der Waals surface area contributed by atoms with Crippen LogP contribution in [0.1, 0.15) is 32.3 Å². The van der Waals surface area contributed by atoms with Crippen molar-refractivity contribution in [3.8, 4) is 0 Å². The average molecular weight is 362 g/mol. The quantitative estimate of drug-likeness (QED) is 0.765. The van der Waals surface area contributed by atoms with Gasteiger partial charge in [-0.25, -0.2) is 0 Å². The van der Waals surface area contributed by atoms with Gasteiger partial charge in [-0.3, -0.25) is 4.79 Å². The minimum atomic E-state index is -0.884. The predicted molar refractivity (Wildman–Crippen MR) is 79.6 cm³/mol. The molecule has 0 aliphatic heterocycles. The van der Waals surface area contributed by atoms with Gasteiger partial charge in [-0.1, -0.05) is 19.1 Å². The van der Waals surface area contributed by atoms with Crippen molar-refractivity contribution in [3.63, 3.8) is 0 Å². The molecule has 18 heavy (non-hydrogen) atoms. The molecular formula is C14H19IO3. The Morgan fingerprint density at radius 2 is 2.17 bits per heavy atom. The molecule has 0 aliphatic carbocycles. The third-order valence-electron chi connectivity index (χ3n) is 3.38. The normalized spacial score (nSPS) is 16.0. The summed E-state index contributed by atoms with van der Waals surface area (Å²) >= 11 is 2.19. The highest BCUT2D eigenvalue weighted by molar-refractivity contribution is 14.1. The van der Waals surface area contributed by atoms with Crippen LogP contribution in [0.2, 0.25) is 0 Å². The van der Waals surface area contributed by atoms with Gasteiger partial charge in [0.25, 0.3) is 0 Å². The zero-order valence-corrected chi connectivity index (χ0v) is 12.8. The van der Waals surface area contributed by atoms with E-state index in [4.69, 9.17) is 5.11 Å². The van der Waals surface area contributed by atoms with Crippen LogP contribution in [-0.4, -0.2) is 22.8 Å². The highest BCUT2D eigenvalue weighted by Crippen LogP contribution is 2.31. The molecule has 2 atom stereocenters. The molecule has 0 spiro atoms. The van der Waals surface area contributed by atoms with Gasteiger partial charge in [0.15, 0.2) is 0 Å². The lowest BCUT2D eigenvalue weighted by molar-refractivity contribution is -0.143. The molecule has 1 aromatic carbocycles. The molecule has 2 N–H and O–H groups in total. The Hall–Kier alpha value is -0.620. The lowest BCUT2D eigenvalue weighted by Crippen LogP contribution is -2.33. The summed E-state index contributed by atoms with van der Waals surface area (Å²) in [6.45, 7) is 3.78. The van der Waals surface area contributed by atoms with Crippen LogP contribution in [-0.2, 0) is 10.2 Å². The van der Waals surface area contributed by atoms with Crippen LogP contribution in [0, 0.1) is 9.49 Å². The second-order valence-corrected chi connectivity index (χ2v) is 6.22. The molecule has 4 heteroatoms. The maximum atomic E-state index is 11.6. The summed E-state index contributed by atoms with van der Waals surface area (Å²) in [5, 5.41) is 18.5. The first-order chi connectivity index (χ1) is 8.40. The minimum Gasteiger partial charge on any atom is -0.481 e. The van der Waals surface area contributed by atoms with Crippen LogP contribution in [0.15, 0.2) is 24.3 Å². The number of benzene rings is 1. The highest BCUT2D eigenvalue weighted by atomic mass is 127. The standard InChI is InChI=1S/C14H19IO3/c1-10(9-16)6-7-14(2,13(17)18)11-4-3-5-12(15)8-11/h3-5,8,10,16H,6-7,9H2,1-2H3,(H,17,18). The first kappa shape index (κ1) is 15.4. The van der Waals surface area contributed by atoms with Crippen LogP contribution in [0.3, 0.4) is 0 Å². The number of hydrogen-bond donors (Lipinski definition) is 2. The van der Waals surface area contributed by atoms with E-state index in [2.05, 4.69) is 22.6 Å². The molecular weight excluding hydrogens is 343 g/mol. The van der Waals surface area contributed by atoms with Gasteiger partial charge in [0.1, 0.15) is 0 Å². The van der Waals surface area contributed by atoms with Crippen molar-refractivity contribution in [2.75, 3.05) is 6.61 Å². The summed E-state index contributed by atoms with van der Waals surface area (Å²) in [4.78, 5) is 11.6. The Morgan fingerprint density at radius 1 is 1.50 bits per heavy atom. The molecule has 0 bridgehead atoms. The van der Waals surface area contributed by atoms with Crippen molar-refractivity contribution in [1.29, 1.82) is 0 Å². The summed E-state index contributed by atoms with van der Waals surface area (Å²) in [5.74, 6) is -0.680. The Balaban J connectivity index is 2.97. The van der Waals surface area contributed by atoms with Crippen LogP contribution < -0.4 is 0 Å². The number of halogens is 1. The van der Waals surface area contributed by atoms with Gasteiger partial charge in [-0.05, 0) is 66.0 Å². The summed E-state index contributed by atoms with van der Waals surface area (Å²) in [6.07, 6.45) is 1.23. The first-order valence-electron chi connectivity index (χ1n) is 6.00. The number of aliphatic hydroxyl groups excluding tert-OH is 1. The topological polar surface area (TPSA) is 57.5 Å². The van der Waals surface area contributed by atoms with E-state index >= 15 is 0 Å². The molecule has 0 radical (unpaired) electrons. The monoisotopic (exact) mass is 362 g/mol. The maximum Gasteiger partial charge on any atom is 0.313 e. The second kappa shape index (κ2) is 6.52. The summed E-state index contributed by atoms with van der Waals surface area (Å²) < 4.78 is 1.03. The van der Waals surface area contributed by atoms with Crippen molar-refractivity contribution < 1.29 is 15.0 Å². The molecule has 1 rings (SSSR count). The fraction of sp³-hybridized carbons (Fsp3) is 0.500. The molecule has 0 fully saturated rings. The smallest absolute Gasteiger partial charge is 0.313 e. The van der Waals surface area contributed by atoms with Crippen molar-refractivity contribution in [2.24, 2.45) is 5.92 Å². The van der Waals surface area contributed by atoms with Gasteiger partial charge in [-0.2, -0.15) is 0 Å². The number of carboxylic acid groups (broad SMARTS) is 1. The van der Waals surface area contributed by atoms with Gasteiger partial charge in [0.2, 0.25) is 0 Å². The van der Waals surface area contributed by atoms with Crippen molar-refractivity contribution in [2.45, 2.75) is 32.1 Å². The molecule has 0 aliphatic rings. The fourth-order valence-electron chi connectivity index (χ4n) is 1.83. The molecule has 1 aromatic rings. The van der Waals surface area contributed by atoms with E-state index < -0.39 is 11.4 Å². The minimum absolute atomic E-state index is 0.0992. The van der Waals surface area contributed by atoms with Crippen LogP contribution >= 0.6 is 22.6 Å². The fourth-order valence-corrected chi connectivity index (χ4v) is 2.38. The van der Waals surface area contributed by atoms with Gasteiger partial charge < -0.3 is 10.2 Å². The number of rotatable bonds is 6. The van der Waals surface area contributed by atoms with Gasteiger partial charge in [0, 0.05) is 10.2 Å². The highest BCUT2D eigenvalue weighted by Gasteiger charge is 2.35. The third-order valence-corrected chi connectivity index (χ3v) is 4.05. The zero-order chi connectivity index (χ0) is 13.8. The summed E-state index contributed by atoms with van der Waals surface area (Å²) in [7, 11) is 0. The number of aliphatic hydroxyl groups is 1. The van der Waals surface area contributed by atoms with E-state index in [-0.39, 0.29) is 12.5 Å². The van der Waals surface area contributed by atoms with E-state index in [0.29, 0.717) is 12.8 Å². The molecule has 0 saturated carbocycles. The second-order valence-electron chi connectivity index (χ2n) is 4.97. The Labute approximate surface area is 121 Å². The van der Waals surface area contributed by atoms with Crippen molar-refractivity contribution in [3.05, 3.63) is 33.4 Å². The lowest BCUT2D eigenvalue weighted by Gasteiger charge is -2.26. The van der Waals surface area contributed by atoms with Crippen molar-refractivity contribution >= 4 is 28.6 Å². The Kier molecular flexibility index (Phi) is 5.59. The SMILES string of the molecule is CC(CO)CCC(C)(C(=O)O)c1cccc(I)c1. The van der Waals surface area contributed by atoms with E-state index in [0.717, 1.165) is 9.13 Å². The third kappa shape index (κ3) is 3.68. The molecule has 3 nitrogen and oxygen atoms in total. The van der Waals surface area contributed by atoms with E-state index in [1.807, 2.05) is 31.2 Å². The maximum absolute atomic E-state index is 11.6. The van der Waals surface area contributed by atoms with Crippen molar-refractivity contribution in [1.82, 2.24) is 0 Å². The van der Waals surface area contributed by atoms with Gasteiger partial charge in [-0.15, -0.1) is 0 Å². The number of carbonyl (C=O) groups is 1. The zero-order valence-electron chi connectivity index (χ0n) is 10.7. The molecule has 2 unspecified atom stereocenters. The van der Waals surface area contributed by atoms with E-state index in [1.54, 1.807) is 6.92 Å². The number of hydrogen-bond acceptors (Lipinski definition) is 2. The van der Waals surface area contributed by atoms with E-state index in [9.17, 15) is 9.90 Å². The molecule has 0 saturated heterocycles. The van der Waals surface area contributed by atoms with Crippen LogP contribution in [0.5, 0.6) is 0 Å². The molecule has 0 aromatic heterocycles. The van der Waals surface area contributed by atoms with E-state index in [1.165, 1.54) is 0 Å². The van der Waals surface area contributed by atoms with Crippen LogP contribution in [0.25, 0.3) is 0 Å². The molecule has 0 heterocycles. The molecule has 100 valence electrons. The lowest BCUT2D eigenvalue weighted by atomic mass is 9.77. The number of carboxylic acids is 1. The number of aliphatic carboxylic acids is 1. The van der Waals surface area contributed by atoms with Gasteiger partial charge >= 0.3 is 5.97 Å². The van der Waals surface area contributed by atoms with Gasteiger partial charge in [0.05, 0.1) is 5.41 Å². The summed E-state index contributed by atoms with van der Waals surface area (Å²) in [6, 6.07) is 7.61. The first-order valence-corrected chi connectivity index (χ1v) is 7.08. The summed E-state index contributed by atoms with van der Waals surface area (Å²) in [5.41, 5.74) is -0.0584. The Bertz CT molecular complexity index is 419. The Morgan fingerprint density at radius 3 is 2.67 bits per heavy atom.